The molecule has 10 rings (SSSR count). The summed E-state index contributed by atoms with van der Waals surface area (Å²) in [6.45, 7) is 25.4. The van der Waals surface area contributed by atoms with Crippen LogP contribution in [0.15, 0.2) is 211 Å². The van der Waals surface area contributed by atoms with E-state index in [1.807, 2.05) is 48.8 Å². The first-order valence-corrected chi connectivity index (χ1v) is 40.0. The predicted octanol–water partition coefficient (Wildman–Crippen LogP) is 23.5. The van der Waals surface area contributed by atoms with Gasteiger partial charge in [0.2, 0.25) is 0 Å². The molecular weight excluding hydrogens is 1330 g/mol. The number of pyridine rings is 1. The van der Waals surface area contributed by atoms with Gasteiger partial charge in [0.05, 0.1) is 11.3 Å². The third kappa shape index (κ3) is 33.9. The van der Waals surface area contributed by atoms with E-state index < -0.39 is 23.7 Å². The highest BCUT2D eigenvalue weighted by molar-refractivity contribution is 7.85. The summed E-state index contributed by atoms with van der Waals surface area (Å²) in [7, 11) is -7.56. The van der Waals surface area contributed by atoms with Gasteiger partial charge in [-0.1, -0.05) is 217 Å². The van der Waals surface area contributed by atoms with Crippen molar-refractivity contribution < 1.29 is 42.3 Å². The molecule has 0 amide bonds. The molecule has 0 saturated heterocycles. The molecule has 0 aliphatic carbocycles. The second-order valence-electron chi connectivity index (χ2n) is 27.5. The first-order chi connectivity index (χ1) is 48.9. The van der Waals surface area contributed by atoms with Gasteiger partial charge in [-0.3, -0.25) is 14.1 Å². The molecule has 0 aliphatic heterocycles. The molecule has 10 aromatic rings. The van der Waals surface area contributed by atoms with Gasteiger partial charge in [-0.05, 0) is 285 Å². The number of nitrogens with zero attached hydrogens (tertiary/aromatic N) is 1. The number of rotatable bonds is 25. The van der Waals surface area contributed by atoms with Crippen molar-refractivity contribution in [2.75, 3.05) is 11.9 Å². The van der Waals surface area contributed by atoms with Crippen LogP contribution >= 0.6 is 20.2 Å². The van der Waals surface area contributed by atoms with Crippen molar-refractivity contribution in [1.29, 1.82) is 0 Å². The zero-order chi connectivity index (χ0) is 75.5. The lowest BCUT2D eigenvalue weighted by Gasteiger charge is -2.07. The lowest BCUT2D eigenvalue weighted by atomic mass is 9.98. The van der Waals surface area contributed by atoms with Gasteiger partial charge in [-0.15, -0.1) is 12.6 Å². The van der Waals surface area contributed by atoms with Gasteiger partial charge >= 0.3 is 13.6 Å². The monoisotopic (exact) mass is 1450 g/mol. The fourth-order valence-electron chi connectivity index (χ4n) is 11.9. The molecule has 0 atom stereocenters. The Morgan fingerprint density at radius 2 is 0.699 bits per heavy atom. The van der Waals surface area contributed by atoms with Crippen LogP contribution in [0.3, 0.4) is 0 Å². The number of hydrogen-bond acceptors (Lipinski definition) is 7. The molecule has 13 heteroatoms. The highest BCUT2D eigenvalue weighted by atomic mass is 32.2. The topological polar surface area (TPSA) is 182 Å². The summed E-state index contributed by atoms with van der Waals surface area (Å²) in [4.78, 5) is 33.3. The highest BCUT2D eigenvalue weighted by Crippen LogP contribution is 2.36. The molecule has 10 nitrogen and oxygen atoms in total. The van der Waals surface area contributed by atoms with Crippen LogP contribution in [0.25, 0.3) is 33.4 Å². The van der Waals surface area contributed by atoms with Crippen LogP contribution in [0.4, 0.5) is 0 Å². The van der Waals surface area contributed by atoms with Crippen molar-refractivity contribution in [2.24, 2.45) is 0 Å². The standard InChI is InChI=1S/C19H25N.C15H14O2.C14H23O3P.C14H22O3S.C14H14O.C14H14S/c1-16-9-10-17(2)19(15-16)8-6-4-3-5-7-18-11-13-20-14-12-18;1-10-3-4-11(2)14(9-10)12-5-7-13(8-6-12)15(16)17;2*1-12-8-9-13(2)14(11-12)7-5-3-4-6-10-18(15,16)17;2*1-10-3-4-11(2)14(9-10)12-5-7-13(15)8-6-12/h9-15H,3-8H2,1-2H3;3-9H,1-2H3,(H,16,17);8-9,11H,3-7,10H2,1-2H3,(H2,15,16,17);8-9,11H,3-7,10H2,1-2H3,(H,15,16,17);2*3-9,15H,1-2H3. The number of aromatic nitrogens is 1. The number of benzene rings is 9. The fraction of sp³-hybridized carbons (Fsp3) is 0.333. The van der Waals surface area contributed by atoms with Crippen molar-refractivity contribution in [2.45, 2.75) is 191 Å². The lowest BCUT2D eigenvalue weighted by molar-refractivity contribution is 0.0696. The zero-order valence-electron chi connectivity index (χ0n) is 63.0. The maximum Gasteiger partial charge on any atom is 0.335 e. The Morgan fingerprint density at radius 3 is 1.05 bits per heavy atom. The third-order valence-corrected chi connectivity index (χ3v) is 20.1. The first-order valence-electron chi connectivity index (χ1n) is 36.1. The molecule has 0 saturated carbocycles. The Labute approximate surface area is 622 Å². The number of aromatic hydroxyl groups is 1. The highest BCUT2D eigenvalue weighted by Gasteiger charge is 2.12. The smallest absolute Gasteiger partial charge is 0.335 e. The van der Waals surface area contributed by atoms with E-state index in [1.54, 1.807) is 24.3 Å². The fourth-order valence-corrected chi connectivity index (χ4v) is 13.3. The Kier molecular flexibility index (Phi) is 36.9. The average Bonchev–Trinajstić information content (AvgIpc) is 0.847. The predicted molar refractivity (Wildman–Crippen MR) is 435 cm³/mol. The number of carboxylic acid groups (broad SMARTS) is 1. The second kappa shape index (κ2) is 44.5. The van der Waals surface area contributed by atoms with Crippen LogP contribution in [0.5, 0.6) is 5.75 Å². The molecule has 0 unspecified atom stereocenters. The molecule has 9 aromatic carbocycles. The van der Waals surface area contributed by atoms with Crippen molar-refractivity contribution in [3.63, 3.8) is 0 Å². The minimum Gasteiger partial charge on any atom is -0.508 e. The van der Waals surface area contributed by atoms with E-state index in [9.17, 15) is 22.9 Å². The van der Waals surface area contributed by atoms with E-state index in [1.165, 1.54) is 144 Å². The number of phenolic OH excluding ortho intramolecular Hbond substituents is 1. The molecule has 0 spiro atoms. The van der Waals surface area contributed by atoms with Crippen LogP contribution in [0, 0.1) is 83.1 Å². The Balaban J connectivity index is 0.000000223. The van der Waals surface area contributed by atoms with Crippen molar-refractivity contribution in [3.8, 4) is 39.1 Å². The quantitative estimate of drug-likeness (QED) is 0.0139. The summed E-state index contributed by atoms with van der Waals surface area (Å²) in [5, 5.41) is 18.1. The lowest BCUT2D eigenvalue weighted by Crippen LogP contribution is -2.03. The summed E-state index contributed by atoms with van der Waals surface area (Å²) in [6.07, 6.45) is 20.7. The number of aromatic carboxylic acids is 1. The normalized spacial score (nSPS) is 10.9. The van der Waals surface area contributed by atoms with Gasteiger partial charge in [-0.2, -0.15) is 8.42 Å². The maximum atomic E-state index is 10.8. The molecule has 5 N–H and O–H groups in total. The maximum absolute atomic E-state index is 10.8. The largest absolute Gasteiger partial charge is 0.508 e. The van der Waals surface area contributed by atoms with Gasteiger partial charge in [0.25, 0.3) is 10.1 Å². The number of carbonyl (C=O) groups is 1. The van der Waals surface area contributed by atoms with E-state index in [0.717, 1.165) is 73.0 Å². The van der Waals surface area contributed by atoms with E-state index in [-0.39, 0.29) is 11.9 Å². The molecule has 1 heterocycles. The third-order valence-electron chi connectivity index (χ3n) is 18.1. The zero-order valence-corrected chi connectivity index (χ0v) is 65.6. The summed E-state index contributed by atoms with van der Waals surface area (Å²) in [6, 6.07) is 65.8. The molecule has 0 bridgehead atoms. The first kappa shape index (κ1) is 85.5. The number of unbranched alkanes of at least 4 members (excludes halogenated alkanes) is 9. The Bertz CT molecular complexity index is 4280. The number of thiol groups is 1. The van der Waals surface area contributed by atoms with Crippen LogP contribution in [0.2, 0.25) is 0 Å². The minimum atomic E-state index is -3.79. The molecule has 0 fully saturated rings. The van der Waals surface area contributed by atoms with Crippen LogP contribution in [0.1, 0.15) is 176 Å². The van der Waals surface area contributed by atoms with E-state index in [2.05, 4.69) is 234 Å². The molecule has 103 heavy (non-hydrogen) atoms. The van der Waals surface area contributed by atoms with E-state index in [4.69, 9.17) is 19.4 Å². The summed E-state index contributed by atoms with van der Waals surface area (Å²) < 4.78 is 40.3. The summed E-state index contributed by atoms with van der Waals surface area (Å²) >= 11 is 4.29. The minimum absolute atomic E-state index is 0.0243. The van der Waals surface area contributed by atoms with Gasteiger partial charge in [0, 0.05) is 23.5 Å². The van der Waals surface area contributed by atoms with Crippen LogP contribution in [-0.2, 0) is 40.4 Å². The molecule has 548 valence electrons. The van der Waals surface area contributed by atoms with Gasteiger partial charge < -0.3 is 20.0 Å². The molecule has 0 radical (unpaired) electrons. The Morgan fingerprint density at radius 1 is 0.388 bits per heavy atom. The molecular formula is C90H112NO9PS2. The number of aryl methyl sites for hydroxylation is 16. The van der Waals surface area contributed by atoms with Crippen LogP contribution in [-0.4, -0.2) is 55.8 Å². The van der Waals surface area contributed by atoms with Gasteiger partial charge in [0.1, 0.15) is 5.75 Å². The average molecular weight is 1450 g/mol. The molecule has 1 aromatic heterocycles. The number of carboxylic acids is 1. The second-order valence-corrected chi connectivity index (χ2v) is 31.4. The number of hydrogen-bond donors (Lipinski definition) is 6. The summed E-state index contributed by atoms with van der Waals surface area (Å²) in [5.41, 5.74) is 28.7. The van der Waals surface area contributed by atoms with Crippen molar-refractivity contribution in [1.82, 2.24) is 4.98 Å². The molecule has 0 aliphatic rings. The van der Waals surface area contributed by atoms with Crippen LogP contribution < -0.4 is 0 Å². The number of phenols is 1. The van der Waals surface area contributed by atoms with Gasteiger partial charge in [0.15, 0.2) is 0 Å². The van der Waals surface area contributed by atoms with E-state index >= 15 is 0 Å². The van der Waals surface area contributed by atoms with Crippen molar-refractivity contribution in [3.05, 3.63) is 301 Å². The van der Waals surface area contributed by atoms with E-state index in [0.29, 0.717) is 24.2 Å². The van der Waals surface area contributed by atoms with Gasteiger partial charge in [-0.25, -0.2) is 4.79 Å². The SMILES string of the molecule is Cc1ccc(C)c(-c2ccc(C(=O)O)cc2)c1.Cc1ccc(C)c(-c2ccc(O)cc2)c1.Cc1ccc(C)c(-c2ccc(S)cc2)c1.Cc1ccc(C)c(CCCCCCP(=O)(O)O)c1.Cc1ccc(C)c(CCCCCCS(=O)(=O)O)c1.Cc1ccc(C)c(CCCCCCc2ccncc2)c1. The Hall–Kier alpha value is -8.19. The summed E-state index contributed by atoms with van der Waals surface area (Å²) in [5.74, 6) is -0.696. The van der Waals surface area contributed by atoms with Crippen molar-refractivity contribution >= 4 is 36.3 Å².